The van der Waals surface area contributed by atoms with Crippen molar-refractivity contribution in [3.8, 4) is 0 Å². The molecule has 1 aliphatic heterocycles. The minimum absolute atomic E-state index is 0.0297. The molecule has 6 nitrogen and oxygen atoms in total. The summed E-state index contributed by atoms with van der Waals surface area (Å²) < 4.78 is 0. The van der Waals surface area contributed by atoms with Gasteiger partial charge in [0.1, 0.15) is 6.04 Å². The standard InChI is InChI=1S/C18H19ClN4O2/c1-2-15(24)20-9-7-16(25)23-10-8-14-17(22-11-21-14)18(23)12-3-5-13(19)6-4-12/h2-6,11,18H,1,7-10H2,(H,20,24)(H,21,22). The molecule has 2 N–H and O–H groups in total. The number of aromatic nitrogens is 2. The molecule has 130 valence electrons. The van der Waals surface area contributed by atoms with E-state index in [1.807, 2.05) is 29.2 Å². The van der Waals surface area contributed by atoms with Crippen molar-refractivity contribution in [1.82, 2.24) is 20.2 Å². The van der Waals surface area contributed by atoms with E-state index in [1.54, 1.807) is 6.33 Å². The van der Waals surface area contributed by atoms with Crippen LogP contribution >= 0.6 is 11.6 Å². The van der Waals surface area contributed by atoms with Crippen LogP contribution in [0.25, 0.3) is 0 Å². The molecule has 0 fully saturated rings. The van der Waals surface area contributed by atoms with Gasteiger partial charge < -0.3 is 15.2 Å². The molecule has 1 unspecified atom stereocenters. The van der Waals surface area contributed by atoms with Crippen LogP contribution in [0.15, 0.2) is 43.2 Å². The van der Waals surface area contributed by atoms with Crippen molar-refractivity contribution in [3.63, 3.8) is 0 Å². The largest absolute Gasteiger partial charge is 0.352 e. The second-order valence-corrected chi connectivity index (χ2v) is 6.24. The van der Waals surface area contributed by atoms with Gasteiger partial charge in [-0.2, -0.15) is 0 Å². The van der Waals surface area contributed by atoms with Crippen molar-refractivity contribution in [2.45, 2.75) is 18.9 Å². The number of amides is 2. The van der Waals surface area contributed by atoms with E-state index in [4.69, 9.17) is 11.6 Å². The summed E-state index contributed by atoms with van der Waals surface area (Å²) in [5, 5.41) is 3.28. The number of nitrogens with one attached hydrogen (secondary N) is 2. The Kier molecular flexibility index (Phi) is 5.19. The van der Waals surface area contributed by atoms with Crippen LogP contribution in [0.5, 0.6) is 0 Å². The number of rotatable bonds is 5. The van der Waals surface area contributed by atoms with Gasteiger partial charge in [0.15, 0.2) is 0 Å². The fourth-order valence-corrected chi connectivity index (χ4v) is 3.16. The van der Waals surface area contributed by atoms with E-state index in [9.17, 15) is 9.59 Å². The topological polar surface area (TPSA) is 78.1 Å². The molecule has 1 aromatic heterocycles. The Morgan fingerprint density at radius 3 is 2.88 bits per heavy atom. The van der Waals surface area contributed by atoms with Gasteiger partial charge in [-0.1, -0.05) is 30.3 Å². The van der Waals surface area contributed by atoms with E-state index in [1.165, 1.54) is 6.08 Å². The Morgan fingerprint density at radius 1 is 1.40 bits per heavy atom. The molecule has 25 heavy (non-hydrogen) atoms. The maximum atomic E-state index is 12.7. The second kappa shape index (κ2) is 7.53. The highest BCUT2D eigenvalue weighted by Gasteiger charge is 2.33. The molecule has 0 aliphatic carbocycles. The van der Waals surface area contributed by atoms with Gasteiger partial charge in [0.25, 0.3) is 0 Å². The number of benzene rings is 1. The smallest absolute Gasteiger partial charge is 0.243 e. The van der Waals surface area contributed by atoms with Crippen molar-refractivity contribution in [2.75, 3.05) is 13.1 Å². The van der Waals surface area contributed by atoms with E-state index in [-0.39, 0.29) is 30.8 Å². The molecule has 2 amide bonds. The molecule has 0 saturated carbocycles. The fraction of sp³-hybridized carbons (Fsp3) is 0.278. The Morgan fingerprint density at radius 2 is 2.16 bits per heavy atom. The molecule has 1 aromatic carbocycles. The first-order valence-electron chi connectivity index (χ1n) is 8.07. The van der Waals surface area contributed by atoms with E-state index in [2.05, 4.69) is 21.9 Å². The normalized spacial score (nSPS) is 16.2. The zero-order chi connectivity index (χ0) is 17.8. The maximum absolute atomic E-state index is 12.7. The molecule has 2 aromatic rings. The Bertz CT molecular complexity index is 785. The van der Waals surface area contributed by atoms with Crippen LogP contribution in [0.3, 0.4) is 0 Å². The lowest BCUT2D eigenvalue weighted by molar-refractivity contribution is -0.133. The van der Waals surface area contributed by atoms with E-state index >= 15 is 0 Å². The molecular formula is C18H19ClN4O2. The summed E-state index contributed by atoms with van der Waals surface area (Å²) in [5.41, 5.74) is 2.86. The van der Waals surface area contributed by atoms with Crippen molar-refractivity contribution < 1.29 is 9.59 Å². The van der Waals surface area contributed by atoms with Gasteiger partial charge in [0, 0.05) is 36.6 Å². The zero-order valence-electron chi connectivity index (χ0n) is 13.7. The number of halogens is 1. The Labute approximate surface area is 150 Å². The SMILES string of the molecule is C=CC(=O)NCCC(=O)N1CCc2[nH]cnc2C1c1ccc(Cl)cc1. The number of carbonyl (C=O) groups is 2. The quantitative estimate of drug-likeness (QED) is 0.804. The highest BCUT2D eigenvalue weighted by molar-refractivity contribution is 6.30. The van der Waals surface area contributed by atoms with Gasteiger partial charge in [-0.25, -0.2) is 4.98 Å². The zero-order valence-corrected chi connectivity index (χ0v) is 14.4. The third-order valence-electron chi connectivity index (χ3n) is 4.25. The van der Waals surface area contributed by atoms with Crippen LogP contribution in [0.2, 0.25) is 5.02 Å². The number of carbonyl (C=O) groups excluding carboxylic acids is 2. The number of fused-ring (bicyclic) bond motifs is 1. The van der Waals surface area contributed by atoms with Crippen LogP contribution in [-0.4, -0.2) is 39.8 Å². The predicted molar refractivity (Wildman–Crippen MR) is 95.1 cm³/mol. The van der Waals surface area contributed by atoms with E-state index in [0.717, 1.165) is 23.4 Å². The van der Waals surface area contributed by atoms with Crippen LogP contribution in [0.1, 0.15) is 29.4 Å². The first kappa shape index (κ1) is 17.2. The van der Waals surface area contributed by atoms with Gasteiger partial charge >= 0.3 is 0 Å². The van der Waals surface area contributed by atoms with E-state index in [0.29, 0.717) is 11.6 Å². The van der Waals surface area contributed by atoms with Crippen LogP contribution < -0.4 is 5.32 Å². The average Bonchev–Trinajstić information content (AvgIpc) is 3.10. The minimum atomic E-state index is -0.282. The number of hydrogen-bond acceptors (Lipinski definition) is 3. The highest BCUT2D eigenvalue weighted by Crippen LogP contribution is 2.34. The van der Waals surface area contributed by atoms with Gasteiger partial charge in [-0.15, -0.1) is 0 Å². The molecule has 0 radical (unpaired) electrons. The molecule has 7 heteroatoms. The van der Waals surface area contributed by atoms with Crippen molar-refractivity contribution in [3.05, 3.63) is 65.2 Å². The minimum Gasteiger partial charge on any atom is -0.352 e. The Balaban J connectivity index is 1.82. The molecule has 1 atom stereocenters. The van der Waals surface area contributed by atoms with Crippen LogP contribution in [0.4, 0.5) is 0 Å². The van der Waals surface area contributed by atoms with Gasteiger partial charge in [0.2, 0.25) is 11.8 Å². The molecule has 0 saturated heterocycles. The lowest BCUT2D eigenvalue weighted by Crippen LogP contribution is -2.42. The highest BCUT2D eigenvalue weighted by atomic mass is 35.5. The fourth-order valence-electron chi connectivity index (χ4n) is 3.04. The summed E-state index contributed by atoms with van der Waals surface area (Å²) >= 11 is 5.99. The van der Waals surface area contributed by atoms with Crippen molar-refractivity contribution in [2.24, 2.45) is 0 Å². The molecule has 2 heterocycles. The summed E-state index contributed by atoms with van der Waals surface area (Å²) in [7, 11) is 0. The number of nitrogens with zero attached hydrogens (tertiary/aromatic N) is 2. The molecular weight excluding hydrogens is 340 g/mol. The third kappa shape index (κ3) is 3.74. The Hall–Kier alpha value is -2.60. The van der Waals surface area contributed by atoms with Gasteiger partial charge in [-0.3, -0.25) is 9.59 Å². The molecule has 0 bridgehead atoms. The number of imidazole rings is 1. The van der Waals surface area contributed by atoms with E-state index < -0.39 is 0 Å². The van der Waals surface area contributed by atoms with Crippen LogP contribution in [0, 0.1) is 0 Å². The van der Waals surface area contributed by atoms with Crippen LogP contribution in [-0.2, 0) is 16.0 Å². The summed E-state index contributed by atoms with van der Waals surface area (Å²) in [4.78, 5) is 33.4. The third-order valence-corrected chi connectivity index (χ3v) is 4.51. The average molecular weight is 359 g/mol. The monoisotopic (exact) mass is 358 g/mol. The summed E-state index contributed by atoms with van der Waals surface area (Å²) in [6.07, 6.45) is 3.80. The summed E-state index contributed by atoms with van der Waals surface area (Å²) in [6.45, 7) is 4.27. The van der Waals surface area contributed by atoms with Crippen molar-refractivity contribution in [1.29, 1.82) is 0 Å². The molecule has 1 aliphatic rings. The first-order valence-corrected chi connectivity index (χ1v) is 8.45. The predicted octanol–water partition coefficient (Wildman–Crippen LogP) is 2.23. The lowest BCUT2D eigenvalue weighted by Gasteiger charge is -2.35. The summed E-state index contributed by atoms with van der Waals surface area (Å²) in [6, 6.07) is 7.19. The number of aromatic amines is 1. The number of hydrogen-bond donors (Lipinski definition) is 2. The molecule has 3 rings (SSSR count). The second-order valence-electron chi connectivity index (χ2n) is 5.80. The lowest BCUT2D eigenvalue weighted by atomic mass is 9.95. The summed E-state index contributed by atoms with van der Waals surface area (Å²) in [5.74, 6) is -0.312. The maximum Gasteiger partial charge on any atom is 0.243 e. The van der Waals surface area contributed by atoms with Gasteiger partial charge in [-0.05, 0) is 23.8 Å². The van der Waals surface area contributed by atoms with Crippen molar-refractivity contribution >= 4 is 23.4 Å². The molecule has 0 spiro atoms. The van der Waals surface area contributed by atoms with Gasteiger partial charge in [0.05, 0.1) is 12.0 Å². The first-order chi connectivity index (χ1) is 12.1. The number of H-pyrrole nitrogens is 1.